The first-order valence-electron chi connectivity index (χ1n) is 10.1. The molecule has 2 N–H and O–H groups in total. The summed E-state index contributed by atoms with van der Waals surface area (Å²) < 4.78 is 5.41. The summed E-state index contributed by atoms with van der Waals surface area (Å²) in [6.07, 6.45) is 6.81. The van der Waals surface area contributed by atoms with Crippen molar-refractivity contribution in [3.8, 4) is 5.75 Å². The van der Waals surface area contributed by atoms with Gasteiger partial charge >= 0.3 is 0 Å². The Balaban J connectivity index is 1.37. The highest BCUT2D eigenvalue weighted by Gasteiger charge is 2.21. The summed E-state index contributed by atoms with van der Waals surface area (Å²) in [6, 6.07) is 13.6. The third-order valence-corrected chi connectivity index (χ3v) is 6.30. The lowest BCUT2D eigenvalue weighted by Crippen LogP contribution is -1.97. The van der Waals surface area contributed by atoms with Crippen LogP contribution in [0.3, 0.4) is 0 Å². The molecule has 1 aliphatic carbocycles. The molecule has 0 radical (unpaired) electrons. The highest BCUT2D eigenvalue weighted by Crippen LogP contribution is 2.37. The van der Waals surface area contributed by atoms with Gasteiger partial charge in [-0.3, -0.25) is 4.98 Å². The van der Waals surface area contributed by atoms with E-state index < -0.39 is 0 Å². The van der Waals surface area contributed by atoms with Gasteiger partial charge in [-0.15, -0.1) is 10.2 Å². The summed E-state index contributed by atoms with van der Waals surface area (Å²) in [5.41, 5.74) is 3.34. The lowest BCUT2D eigenvalue weighted by atomic mass is 10.1. The molecule has 0 aliphatic heterocycles. The Labute approximate surface area is 178 Å². The van der Waals surface area contributed by atoms with Crippen LogP contribution in [-0.4, -0.2) is 27.3 Å². The normalized spacial score (nSPS) is 14.2. The fourth-order valence-electron chi connectivity index (χ4n) is 3.78. The Kier molecular flexibility index (Phi) is 5.15. The minimum absolute atomic E-state index is 0.565. The second kappa shape index (κ2) is 8.23. The van der Waals surface area contributed by atoms with Crippen LogP contribution < -0.4 is 15.4 Å². The number of benzene rings is 1. The molecule has 0 bridgehead atoms. The molecule has 1 aliphatic rings. The van der Waals surface area contributed by atoms with E-state index in [4.69, 9.17) is 9.72 Å². The van der Waals surface area contributed by atoms with Crippen LogP contribution >= 0.6 is 11.3 Å². The minimum atomic E-state index is 0.565. The van der Waals surface area contributed by atoms with Gasteiger partial charge in [0.1, 0.15) is 16.6 Å². The van der Waals surface area contributed by atoms with Gasteiger partial charge in [0.05, 0.1) is 35.7 Å². The monoisotopic (exact) mass is 418 g/mol. The summed E-state index contributed by atoms with van der Waals surface area (Å²) in [6.45, 7) is 0. The van der Waals surface area contributed by atoms with E-state index in [-0.39, 0.29) is 0 Å². The first-order chi connectivity index (χ1) is 14.8. The van der Waals surface area contributed by atoms with Crippen molar-refractivity contribution < 1.29 is 4.74 Å². The number of aromatic nitrogens is 4. The van der Waals surface area contributed by atoms with Crippen molar-refractivity contribution in [1.82, 2.24) is 20.2 Å². The Morgan fingerprint density at radius 3 is 2.73 bits per heavy atom. The van der Waals surface area contributed by atoms with Crippen molar-refractivity contribution in [3.05, 3.63) is 53.7 Å². The summed E-state index contributed by atoms with van der Waals surface area (Å²) >= 11 is 1.62. The average molecular weight is 419 g/mol. The van der Waals surface area contributed by atoms with Crippen molar-refractivity contribution in [2.24, 2.45) is 0 Å². The van der Waals surface area contributed by atoms with Crippen LogP contribution in [0.2, 0.25) is 0 Å². The predicted molar refractivity (Wildman–Crippen MR) is 120 cm³/mol. The predicted octanol–water partition coefficient (Wildman–Crippen LogP) is 5.63. The Morgan fingerprint density at radius 1 is 1.00 bits per heavy atom. The maximum atomic E-state index is 5.41. The Bertz CT molecular complexity index is 1170. The number of hydrogen-bond acceptors (Lipinski definition) is 8. The van der Waals surface area contributed by atoms with Gasteiger partial charge in [0, 0.05) is 5.92 Å². The molecule has 8 heteroatoms. The van der Waals surface area contributed by atoms with E-state index in [0.29, 0.717) is 5.92 Å². The van der Waals surface area contributed by atoms with Gasteiger partial charge in [0.2, 0.25) is 5.13 Å². The number of pyridine rings is 2. The number of nitrogens with zero attached hydrogens (tertiary/aromatic N) is 4. The SMILES string of the molecule is COc1ccccc1Nc1cnc2ccc(Nc3nnc(C4CCCC4)s3)nc2c1. The highest BCUT2D eigenvalue weighted by molar-refractivity contribution is 7.15. The molecule has 0 unspecified atom stereocenters. The van der Waals surface area contributed by atoms with Crippen LogP contribution in [0.4, 0.5) is 22.3 Å². The lowest BCUT2D eigenvalue weighted by molar-refractivity contribution is 0.417. The Morgan fingerprint density at radius 2 is 1.87 bits per heavy atom. The molecule has 4 aromatic rings. The van der Waals surface area contributed by atoms with Crippen LogP contribution in [0.25, 0.3) is 11.0 Å². The molecule has 5 rings (SSSR count). The molecular formula is C22H22N6OS. The third-order valence-electron chi connectivity index (χ3n) is 5.30. The number of fused-ring (bicyclic) bond motifs is 1. The van der Waals surface area contributed by atoms with Gasteiger partial charge in [-0.25, -0.2) is 4.98 Å². The average Bonchev–Trinajstić information content (AvgIpc) is 3.46. The van der Waals surface area contributed by atoms with Crippen molar-refractivity contribution in [1.29, 1.82) is 0 Å². The summed E-state index contributed by atoms with van der Waals surface area (Å²) in [5.74, 6) is 2.07. The fourth-order valence-corrected chi connectivity index (χ4v) is 4.70. The van der Waals surface area contributed by atoms with E-state index in [1.54, 1.807) is 24.6 Å². The molecule has 1 saturated carbocycles. The summed E-state index contributed by atoms with van der Waals surface area (Å²) in [4.78, 5) is 9.23. The molecule has 7 nitrogen and oxygen atoms in total. The van der Waals surface area contributed by atoms with E-state index in [2.05, 4.69) is 25.8 Å². The van der Waals surface area contributed by atoms with Crippen molar-refractivity contribution in [3.63, 3.8) is 0 Å². The molecule has 3 aromatic heterocycles. The van der Waals surface area contributed by atoms with Crippen LogP contribution in [0.15, 0.2) is 48.7 Å². The molecule has 152 valence electrons. The van der Waals surface area contributed by atoms with Crippen LogP contribution in [0.5, 0.6) is 5.75 Å². The second-order valence-electron chi connectivity index (χ2n) is 7.34. The first-order valence-corrected chi connectivity index (χ1v) is 10.9. The molecule has 3 heterocycles. The minimum Gasteiger partial charge on any atom is -0.495 e. The number of rotatable bonds is 6. The number of methoxy groups -OCH3 is 1. The zero-order valence-corrected chi connectivity index (χ0v) is 17.4. The van der Waals surface area contributed by atoms with E-state index in [0.717, 1.165) is 44.1 Å². The number of ether oxygens (including phenoxy) is 1. The topological polar surface area (TPSA) is 84.9 Å². The van der Waals surface area contributed by atoms with E-state index in [9.17, 15) is 0 Å². The van der Waals surface area contributed by atoms with E-state index >= 15 is 0 Å². The molecule has 1 fully saturated rings. The van der Waals surface area contributed by atoms with Crippen molar-refractivity contribution in [2.45, 2.75) is 31.6 Å². The van der Waals surface area contributed by atoms with Crippen LogP contribution in [0, 0.1) is 0 Å². The molecule has 0 atom stereocenters. The smallest absolute Gasteiger partial charge is 0.211 e. The van der Waals surface area contributed by atoms with E-state index in [1.807, 2.05) is 42.5 Å². The standard InChI is InChI=1S/C22H22N6OS/c1-29-19-9-5-4-8-17(19)24-15-12-18-16(23-13-15)10-11-20(25-18)26-22-28-27-21(30-22)14-6-2-3-7-14/h4-5,8-14,24H,2-3,6-7H2,1H3,(H,25,26,28). The van der Waals surface area contributed by atoms with Gasteiger partial charge in [0.25, 0.3) is 0 Å². The van der Waals surface area contributed by atoms with Crippen LogP contribution in [0.1, 0.15) is 36.6 Å². The zero-order chi connectivity index (χ0) is 20.3. The van der Waals surface area contributed by atoms with Crippen LogP contribution in [-0.2, 0) is 0 Å². The largest absolute Gasteiger partial charge is 0.495 e. The third kappa shape index (κ3) is 3.91. The van der Waals surface area contributed by atoms with Crippen molar-refractivity contribution >= 4 is 44.7 Å². The molecule has 0 spiro atoms. The fraction of sp³-hybridized carbons (Fsp3) is 0.273. The van der Waals surface area contributed by atoms with Gasteiger partial charge < -0.3 is 15.4 Å². The molecule has 1 aromatic carbocycles. The van der Waals surface area contributed by atoms with Crippen molar-refractivity contribution in [2.75, 3.05) is 17.7 Å². The maximum Gasteiger partial charge on any atom is 0.211 e. The molecular weight excluding hydrogens is 396 g/mol. The molecule has 0 amide bonds. The molecule has 0 saturated heterocycles. The quantitative estimate of drug-likeness (QED) is 0.419. The number of para-hydroxylation sites is 2. The maximum absolute atomic E-state index is 5.41. The van der Waals surface area contributed by atoms with Gasteiger partial charge in [0.15, 0.2) is 0 Å². The highest BCUT2D eigenvalue weighted by atomic mass is 32.1. The van der Waals surface area contributed by atoms with Gasteiger partial charge in [-0.2, -0.15) is 0 Å². The Hall–Kier alpha value is -3.26. The van der Waals surface area contributed by atoms with Gasteiger partial charge in [-0.05, 0) is 43.2 Å². The van der Waals surface area contributed by atoms with Gasteiger partial charge in [-0.1, -0.05) is 36.3 Å². The van der Waals surface area contributed by atoms with E-state index in [1.165, 1.54) is 25.7 Å². The second-order valence-corrected chi connectivity index (χ2v) is 8.34. The number of anilines is 4. The summed E-state index contributed by atoms with van der Waals surface area (Å²) in [5, 5.41) is 17.2. The number of hydrogen-bond donors (Lipinski definition) is 2. The molecule has 30 heavy (non-hydrogen) atoms. The lowest BCUT2D eigenvalue weighted by Gasteiger charge is -2.11. The first kappa shape index (κ1) is 18.7. The summed E-state index contributed by atoms with van der Waals surface area (Å²) in [7, 11) is 1.66. The zero-order valence-electron chi connectivity index (χ0n) is 16.6. The number of nitrogens with one attached hydrogen (secondary N) is 2.